The predicted molar refractivity (Wildman–Crippen MR) is 77.9 cm³/mol. The van der Waals surface area contributed by atoms with Crippen LogP contribution in [-0.4, -0.2) is 22.6 Å². The van der Waals surface area contributed by atoms with Crippen LogP contribution in [0.4, 0.5) is 0 Å². The molecule has 0 aliphatic rings. The third kappa shape index (κ3) is 3.68. The lowest BCUT2D eigenvalue weighted by atomic mass is 10.2. The fraction of sp³-hybridized carbons (Fsp3) is 0.500. The van der Waals surface area contributed by atoms with E-state index in [0.29, 0.717) is 0 Å². The van der Waals surface area contributed by atoms with Crippen LogP contribution in [0.2, 0.25) is 0 Å². The summed E-state index contributed by atoms with van der Waals surface area (Å²) in [6, 6.07) is 4.20. The Balaban J connectivity index is 1.82. The van der Waals surface area contributed by atoms with Gasteiger partial charge in [-0.2, -0.15) is 0 Å². The summed E-state index contributed by atoms with van der Waals surface area (Å²) in [7, 11) is 0. The van der Waals surface area contributed by atoms with Gasteiger partial charge in [-0.1, -0.05) is 19.9 Å². The molecule has 3 nitrogen and oxygen atoms in total. The van der Waals surface area contributed by atoms with Gasteiger partial charge in [0.25, 0.3) is 0 Å². The number of hydrogen-bond acceptors (Lipinski definition) is 3. The van der Waals surface area contributed by atoms with E-state index in [9.17, 15) is 0 Å². The highest BCUT2D eigenvalue weighted by atomic mass is 32.1. The van der Waals surface area contributed by atoms with Crippen molar-refractivity contribution in [3.63, 3.8) is 0 Å². The molecular weight excluding hydrogens is 242 g/mol. The Kier molecular flexibility index (Phi) is 4.96. The maximum atomic E-state index is 4.44. The maximum Gasteiger partial charge on any atom is 0.149 e. The van der Waals surface area contributed by atoms with Crippen LogP contribution >= 0.6 is 11.3 Å². The molecule has 4 heteroatoms. The highest BCUT2D eigenvalue weighted by Gasteiger charge is 2.05. The van der Waals surface area contributed by atoms with E-state index in [1.807, 2.05) is 6.20 Å². The topological polar surface area (TPSA) is 29.9 Å². The summed E-state index contributed by atoms with van der Waals surface area (Å²) in [5, 5.41) is 5.57. The maximum absolute atomic E-state index is 4.44. The first kappa shape index (κ1) is 13.3. The molecule has 98 valence electrons. The largest absolute Gasteiger partial charge is 0.330 e. The molecule has 0 aliphatic heterocycles. The average molecular weight is 263 g/mol. The molecule has 0 bridgehead atoms. The number of rotatable bonds is 7. The van der Waals surface area contributed by atoms with Crippen molar-refractivity contribution in [1.29, 1.82) is 0 Å². The third-order valence-electron chi connectivity index (χ3n) is 2.76. The zero-order valence-electron chi connectivity index (χ0n) is 11.1. The normalized spacial score (nSPS) is 11.3. The Bertz CT molecular complexity index is 445. The van der Waals surface area contributed by atoms with Gasteiger partial charge in [0.1, 0.15) is 5.82 Å². The summed E-state index contributed by atoms with van der Waals surface area (Å²) in [4.78, 5) is 5.68. The smallest absolute Gasteiger partial charge is 0.149 e. The number of nitrogens with one attached hydrogen (secondary N) is 1. The Morgan fingerprint density at radius 2 is 2.33 bits per heavy atom. The second-order valence-electron chi connectivity index (χ2n) is 4.87. The first-order chi connectivity index (χ1) is 8.77. The van der Waals surface area contributed by atoms with Gasteiger partial charge in [0, 0.05) is 18.9 Å². The number of imidazole rings is 1. The van der Waals surface area contributed by atoms with E-state index in [-0.39, 0.29) is 0 Å². The highest BCUT2D eigenvalue weighted by Crippen LogP contribution is 2.22. The minimum absolute atomic E-state index is 0.722. The van der Waals surface area contributed by atoms with Crippen LogP contribution in [0.5, 0.6) is 0 Å². The van der Waals surface area contributed by atoms with Crippen LogP contribution in [-0.2, 0) is 6.54 Å². The number of thiophene rings is 1. The first-order valence-corrected chi connectivity index (χ1v) is 7.41. The molecule has 18 heavy (non-hydrogen) atoms. The molecule has 0 spiro atoms. The van der Waals surface area contributed by atoms with E-state index in [0.717, 1.165) is 37.8 Å². The number of hydrogen-bond donors (Lipinski definition) is 1. The summed E-state index contributed by atoms with van der Waals surface area (Å²) in [5.41, 5.74) is 0. The first-order valence-electron chi connectivity index (χ1n) is 6.53. The van der Waals surface area contributed by atoms with Crippen molar-refractivity contribution in [1.82, 2.24) is 14.9 Å². The molecule has 0 radical (unpaired) electrons. The standard InChI is InChI=1S/C14H21N3S/c1-12(2)11-15-6-4-8-17-9-7-16-14(17)13-5-3-10-18-13/h3,5,7,9-10,12,15H,4,6,8,11H2,1-2H3. The lowest BCUT2D eigenvalue weighted by Crippen LogP contribution is -2.21. The second kappa shape index (κ2) is 6.71. The minimum Gasteiger partial charge on any atom is -0.330 e. The number of nitrogens with zero attached hydrogens (tertiary/aromatic N) is 2. The molecule has 2 heterocycles. The fourth-order valence-corrected chi connectivity index (χ4v) is 2.62. The van der Waals surface area contributed by atoms with Gasteiger partial charge in [-0.3, -0.25) is 0 Å². The lowest BCUT2D eigenvalue weighted by Gasteiger charge is -2.09. The molecule has 2 aromatic heterocycles. The van der Waals surface area contributed by atoms with E-state index in [2.05, 4.69) is 52.4 Å². The third-order valence-corrected chi connectivity index (χ3v) is 3.63. The van der Waals surface area contributed by atoms with Gasteiger partial charge in [-0.05, 0) is 36.9 Å². The van der Waals surface area contributed by atoms with E-state index in [1.54, 1.807) is 11.3 Å². The van der Waals surface area contributed by atoms with E-state index >= 15 is 0 Å². The molecule has 2 aromatic rings. The summed E-state index contributed by atoms with van der Waals surface area (Å²) in [5.74, 6) is 1.81. The quantitative estimate of drug-likeness (QED) is 0.777. The van der Waals surface area contributed by atoms with Crippen LogP contribution in [0.25, 0.3) is 10.7 Å². The molecule has 0 aliphatic carbocycles. The van der Waals surface area contributed by atoms with Gasteiger partial charge < -0.3 is 9.88 Å². The van der Waals surface area contributed by atoms with E-state index in [1.165, 1.54) is 4.88 Å². The molecule has 1 N–H and O–H groups in total. The molecule has 0 saturated carbocycles. The zero-order chi connectivity index (χ0) is 12.8. The molecule has 0 amide bonds. The van der Waals surface area contributed by atoms with Crippen molar-refractivity contribution in [3.8, 4) is 10.7 Å². The van der Waals surface area contributed by atoms with Crippen LogP contribution < -0.4 is 5.32 Å². The average Bonchev–Trinajstić information content (AvgIpc) is 2.97. The summed E-state index contributed by atoms with van der Waals surface area (Å²) < 4.78 is 2.24. The van der Waals surface area contributed by atoms with Crippen LogP contribution in [0.3, 0.4) is 0 Å². The zero-order valence-corrected chi connectivity index (χ0v) is 11.9. The lowest BCUT2D eigenvalue weighted by molar-refractivity contribution is 0.523. The molecule has 0 unspecified atom stereocenters. The fourth-order valence-electron chi connectivity index (χ4n) is 1.89. The summed E-state index contributed by atoms with van der Waals surface area (Å²) >= 11 is 1.74. The van der Waals surface area contributed by atoms with E-state index < -0.39 is 0 Å². The number of aryl methyl sites for hydroxylation is 1. The van der Waals surface area contributed by atoms with Gasteiger partial charge in [0.15, 0.2) is 0 Å². The summed E-state index contributed by atoms with van der Waals surface area (Å²) in [6.45, 7) is 7.66. The van der Waals surface area contributed by atoms with E-state index in [4.69, 9.17) is 0 Å². The number of aromatic nitrogens is 2. The van der Waals surface area contributed by atoms with Crippen molar-refractivity contribution in [2.75, 3.05) is 13.1 Å². The van der Waals surface area contributed by atoms with Crippen LogP contribution in [0.1, 0.15) is 20.3 Å². The molecule has 0 saturated heterocycles. The molecule has 2 rings (SSSR count). The Hall–Kier alpha value is -1.13. The van der Waals surface area contributed by atoms with Gasteiger partial charge in [-0.15, -0.1) is 11.3 Å². The van der Waals surface area contributed by atoms with Crippen LogP contribution in [0.15, 0.2) is 29.9 Å². The Labute approximate surface area is 113 Å². The molecule has 0 aromatic carbocycles. The van der Waals surface area contributed by atoms with Gasteiger partial charge in [0.05, 0.1) is 4.88 Å². The van der Waals surface area contributed by atoms with Crippen molar-refractivity contribution >= 4 is 11.3 Å². The predicted octanol–water partition coefficient (Wildman–Crippen LogP) is 3.25. The monoisotopic (exact) mass is 263 g/mol. The molecular formula is C14H21N3S. The SMILES string of the molecule is CC(C)CNCCCn1ccnc1-c1cccs1. The Morgan fingerprint density at radius 3 is 3.06 bits per heavy atom. The molecule has 0 atom stereocenters. The van der Waals surface area contributed by atoms with Crippen molar-refractivity contribution < 1.29 is 0 Å². The van der Waals surface area contributed by atoms with Crippen molar-refractivity contribution in [2.45, 2.75) is 26.8 Å². The highest BCUT2D eigenvalue weighted by molar-refractivity contribution is 7.13. The van der Waals surface area contributed by atoms with Gasteiger partial charge in [0.2, 0.25) is 0 Å². The van der Waals surface area contributed by atoms with Gasteiger partial charge >= 0.3 is 0 Å². The Morgan fingerprint density at radius 1 is 1.44 bits per heavy atom. The second-order valence-corrected chi connectivity index (χ2v) is 5.82. The van der Waals surface area contributed by atoms with Crippen molar-refractivity contribution in [3.05, 3.63) is 29.9 Å². The van der Waals surface area contributed by atoms with Crippen LogP contribution in [0, 0.1) is 5.92 Å². The minimum atomic E-state index is 0.722. The summed E-state index contributed by atoms with van der Waals surface area (Å²) in [6.07, 6.45) is 5.09. The van der Waals surface area contributed by atoms with Gasteiger partial charge in [-0.25, -0.2) is 4.98 Å². The van der Waals surface area contributed by atoms with Crippen molar-refractivity contribution in [2.24, 2.45) is 5.92 Å². The molecule has 0 fully saturated rings.